The molecule has 0 aromatic heterocycles. The number of hydrogen-bond donors (Lipinski definition) is 1. The third-order valence-electron chi connectivity index (χ3n) is 2.01. The van der Waals surface area contributed by atoms with E-state index in [-0.39, 0.29) is 0 Å². The Hall–Kier alpha value is 0.310. The van der Waals surface area contributed by atoms with Crippen LogP contribution in [0, 0.1) is 5.92 Å². The lowest BCUT2D eigenvalue weighted by Crippen LogP contribution is -2.32. The van der Waals surface area contributed by atoms with Crippen LogP contribution in [0.3, 0.4) is 0 Å². The third-order valence-corrected chi connectivity index (χ3v) is 3.37. The van der Waals surface area contributed by atoms with E-state index in [4.69, 9.17) is 0 Å². The van der Waals surface area contributed by atoms with E-state index in [1.807, 2.05) is 0 Å². The van der Waals surface area contributed by atoms with E-state index in [2.05, 4.69) is 37.8 Å². The van der Waals surface area contributed by atoms with Gasteiger partial charge in [-0.15, -0.1) is 0 Å². The molecule has 0 aliphatic carbocycles. The standard InChI is InChI=1S/C9H19NS/c1-7(2)5-10-9-4-8(3)11-6-9/h7-10H,4-6H2,1-3H3. The van der Waals surface area contributed by atoms with Crippen molar-refractivity contribution >= 4 is 11.8 Å². The molecule has 1 saturated heterocycles. The van der Waals surface area contributed by atoms with Gasteiger partial charge >= 0.3 is 0 Å². The molecule has 11 heavy (non-hydrogen) atoms. The summed E-state index contributed by atoms with van der Waals surface area (Å²) in [5.41, 5.74) is 0. The van der Waals surface area contributed by atoms with E-state index in [0.717, 1.165) is 17.2 Å². The number of rotatable bonds is 3. The number of thioether (sulfide) groups is 1. The van der Waals surface area contributed by atoms with Crippen molar-refractivity contribution in [2.45, 2.75) is 38.5 Å². The maximum atomic E-state index is 3.59. The first-order valence-electron chi connectivity index (χ1n) is 4.53. The van der Waals surface area contributed by atoms with E-state index in [1.165, 1.54) is 18.7 Å². The van der Waals surface area contributed by atoms with Crippen LogP contribution in [-0.2, 0) is 0 Å². The molecule has 2 heteroatoms. The zero-order valence-electron chi connectivity index (χ0n) is 7.76. The molecular formula is C9H19NS. The normalized spacial score (nSPS) is 31.6. The molecule has 0 amide bonds. The van der Waals surface area contributed by atoms with Gasteiger partial charge in [0.25, 0.3) is 0 Å². The Morgan fingerprint density at radius 3 is 2.73 bits per heavy atom. The van der Waals surface area contributed by atoms with Crippen molar-refractivity contribution in [2.75, 3.05) is 12.3 Å². The van der Waals surface area contributed by atoms with E-state index < -0.39 is 0 Å². The summed E-state index contributed by atoms with van der Waals surface area (Å²) in [7, 11) is 0. The molecule has 1 N–H and O–H groups in total. The van der Waals surface area contributed by atoms with Crippen LogP contribution in [0.15, 0.2) is 0 Å². The molecule has 1 aliphatic rings. The van der Waals surface area contributed by atoms with Crippen LogP contribution in [0.5, 0.6) is 0 Å². The average Bonchev–Trinajstić information content (AvgIpc) is 2.31. The van der Waals surface area contributed by atoms with Crippen molar-refractivity contribution in [1.82, 2.24) is 5.32 Å². The maximum Gasteiger partial charge on any atom is 0.0168 e. The SMILES string of the molecule is CC(C)CNC1CSC(C)C1. The molecule has 66 valence electrons. The second-order valence-electron chi connectivity index (χ2n) is 3.88. The Morgan fingerprint density at radius 1 is 1.55 bits per heavy atom. The highest BCUT2D eigenvalue weighted by molar-refractivity contribution is 8.00. The Bertz CT molecular complexity index is 114. The molecule has 1 heterocycles. The zero-order valence-corrected chi connectivity index (χ0v) is 8.58. The van der Waals surface area contributed by atoms with Crippen LogP contribution in [0.4, 0.5) is 0 Å². The third kappa shape index (κ3) is 3.48. The van der Waals surface area contributed by atoms with Gasteiger partial charge in [0.05, 0.1) is 0 Å². The first-order chi connectivity index (χ1) is 5.18. The Kier molecular flexibility index (Phi) is 3.73. The minimum Gasteiger partial charge on any atom is -0.313 e. The van der Waals surface area contributed by atoms with Gasteiger partial charge in [-0.3, -0.25) is 0 Å². The number of hydrogen-bond acceptors (Lipinski definition) is 2. The molecule has 0 radical (unpaired) electrons. The van der Waals surface area contributed by atoms with Gasteiger partial charge < -0.3 is 5.32 Å². The highest BCUT2D eigenvalue weighted by Gasteiger charge is 2.20. The van der Waals surface area contributed by atoms with Crippen molar-refractivity contribution in [2.24, 2.45) is 5.92 Å². The van der Waals surface area contributed by atoms with Gasteiger partial charge in [0.1, 0.15) is 0 Å². The van der Waals surface area contributed by atoms with Crippen molar-refractivity contribution in [3.63, 3.8) is 0 Å². The van der Waals surface area contributed by atoms with E-state index in [9.17, 15) is 0 Å². The molecular weight excluding hydrogens is 154 g/mol. The summed E-state index contributed by atoms with van der Waals surface area (Å²) in [6, 6.07) is 0.789. The summed E-state index contributed by atoms with van der Waals surface area (Å²) < 4.78 is 0. The van der Waals surface area contributed by atoms with Gasteiger partial charge in [-0.25, -0.2) is 0 Å². The lowest BCUT2D eigenvalue weighted by molar-refractivity contribution is 0.479. The van der Waals surface area contributed by atoms with Crippen LogP contribution in [-0.4, -0.2) is 23.6 Å². The van der Waals surface area contributed by atoms with Gasteiger partial charge in [0, 0.05) is 17.0 Å². The molecule has 1 nitrogen and oxygen atoms in total. The molecule has 2 atom stereocenters. The van der Waals surface area contributed by atoms with E-state index in [1.54, 1.807) is 0 Å². The van der Waals surface area contributed by atoms with Crippen LogP contribution in [0.25, 0.3) is 0 Å². The monoisotopic (exact) mass is 173 g/mol. The fraction of sp³-hybridized carbons (Fsp3) is 1.00. The molecule has 0 spiro atoms. The van der Waals surface area contributed by atoms with Gasteiger partial charge in [-0.05, 0) is 18.9 Å². The first-order valence-corrected chi connectivity index (χ1v) is 5.58. The molecule has 0 saturated carbocycles. The second-order valence-corrected chi connectivity index (χ2v) is 5.35. The average molecular weight is 173 g/mol. The van der Waals surface area contributed by atoms with Crippen molar-refractivity contribution in [3.05, 3.63) is 0 Å². The highest BCUT2D eigenvalue weighted by Crippen LogP contribution is 2.25. The van der Waals surface area contributed by atoms with Gasteiger partial charge in [0.15, 0.2) is 0 Å². The summed E-state index contributed by atoms with van der Waals surface area (Å²) in [5.74, 6) is 2.10. The molecule has 1 aliphatic heterocycles. The summed E-state index contributed by atoms with van der Waals surface area (Å²) in [4.78, 5) is 0. The second kappa shape index (κ2) is 4.36. The molecule has 1 rings (SSSR count). The quantitative estimate of drug-likeness (QED) is 0.701. The molecule has 2 unspecified atom stereocenters. The Morgan fingerprint density at radius 2 is 2.27 bits per heavy atom. The fourth-order valence-corrected chi connectivity index (χ4v) is 2.54. The Balaban J connectivity index is 2.08. The summed E-state index contributed by atoms with van der Waals surface area (Å²) in [5, 5.41) is 4.47. The fourth-order valence-electron chi connectivity index (χ4n) is 1.36. The smallest absolute Gasteiger partial charge is 0.0168 e. The molecule has 0 aromatic rings. The molecule has 1 fully saturated rings. The summed E-state index contributed by atoms with van der Waals surface area (Å²) >= 11 is 2.09. The van der Waals surface area contributed by atoms with Gasteiger partial charge in [-0.2, -0.15) is 11.8 Å². The van der Waals surface area contributed by atoms with Crippen molar-refractivity contribution < 1.29 is 0 Å². The number of nitrogens with one attached hydrogen (secondary N) is 1. The molecule has 0 aromatic carbocycles. The zero-order chi connectivity index (χ0) is 8.27. The van der Waals surface area contributed by atoms with Gasteiger partial charge in [-0.1, -0.05) is 20.8 Å². The predicted octanol–water partition coefficient (Wildman–Crippen LogP) is 2.13. The largest absolute Gasteiger partial charge is 0.313 e. The lowest BCUT2D eigenvalue weighted by Gasteiger charge is -2.12. The van der Waals surface area contributed by atoms with Crippen LogP contribution < -0.4 is 5.32 Å². The summed E-state index contributed by atoms with van der Waals surface area (Å²) in [6.45, 7) is 8.02. The predicted molar refractivity (Wildman–Crippen MR) is 53.2 cm³/mol. The van der Waals surface area contributed by atoms with E-state index >= 15 is 0 Å². The Labute approximate surface area is 74.3 Å². The topological polar surface area (TPSA) is 12.0 Å². The van der Waals surface area contributed by atoms with Crippen LogP contribution in [0.1, 0.15) is 27.2 Å². The minimum atomic E-state index is 0.788. The minimum absolute atomic E-state index is 0.788. The maximum absolute atomic E-state index is 3.59. The van der Waals surface area contributed by atoms with Crippen LogP contribution in [0.2, 0.25) is 0 Å². The van der Waals surface area contributed by atoms with Gasteiger partial charge in [0.2, 0.25) is 0 Å². The van der Waals surface area contributed by atoms with Crippen LogP contribution >= 0.6 is 11.8 Å². The van der Waals surface area contributed by atoms with Crippen molar-refractivity contribution in [1.29, 1.82) is 0 Å². The van der Waals surface area contributed by atoms with E-state index in [0.29, 0.717) is 0 Å². The molecule has 0 bridgehead atoms. The highest BCUT2D eigenvalue weighted by atomic mass is 32.2. The summed E-state index contributed by atoms with van der Waals surface area (Å²) in [6.07, 6.45) is 1.36. The lowest BCUT2D eigenvalue weighted by atomic mass is 10.1. The first kappa shape index (κ1) is 9.40. The van der Waals surface area contributed by atoms with Crippen molar-refractivity contribution in [3.8, 4) is 0 Å².